The molecule has 0 saturated carbocycles. The summed E-state index contributed by atoms with van der Waals surface area (Å²) in [5.41, 5.74) is 3.34. The molecule has 0 aliphatic rings. The summed E-state index contributed by atoms with van der Waals surface area (Å²) in [6, 6.07) is 18.1. The summed E-state index contributed by atoms with van der Waals surface area (Å²) in [4.78, 5) is 13.1. The number of amides is 1. The van der Waals surface area contributed by atoms with Crippen molar-refractivity contribution in [2.45, 2.75) is 18.2 Å². The predicted octanol–water partition coefficient (Wildman–Crippen LogP) is 3.63. The van der Waals surface area contributed by atoms with Crippen LogP contribution in [0.4, 0.5) is 0 Å². The Morgan fingerprint density at radius 1 is 1.12 bits per heavy atom. The van der Waals surface area contributed by atoms with E-state index >= 15 is 0 Å². The zero-order chi connectivity index (χ0) is 17.5. The molecule has 2 aromatic carbocycles. The molecule has 1 amide bonds. The zero-order valence-electron chi connectivity index (χ0n) is 14.2. The van der Waals surface area contributed by atoms with Crippen molar-refractivity contribution >= 4 is 17.7 Å². The van der Waals surface area contributed by atoms with Crippen LogP contribution >= 0.6 is 11.8 Å². The number of carbonyl (C=O) groups is 1. The van der Waals surface area contributed by atoms with Crippen LogP contribution in [0.25, 0.3) is 5.69 Å². The Hall–Kier alpha value is -2.53. The summed E-state index contributed by atoms with van der Waals surface area (Å²) < 4.78 is 1.85. The van der Waals surface area contributed by atoms with Gasteiger partial charge in [0.1, 0.15) is 0 Å². The Morgan fingerprint density at radius 3 is 2.68 bits per heavy atom. The van der Waals surface area contributed by atoms with E-state index in [0.717, 1.165) is 22.6 Å². The molecule has 3 rings (SSSR count). The molecule has 0 aliphatic heterocycles. The van der Waals surface area contributed by atoms with Gasteiger partial charge < -0.3 is 5.32 Å². The summed E-state index contributed by atoms with van der Waals surface area (Å²) in [5, 5.41) is 7.34. The number of aromatic nitrogens is 2. The zero-order valence-corrected chi connectivity index (χ0v) is 15.0. The maximum Gasteiger partial charge on any atom is 0.230 e. The normalized spacial score (nSPS) is 10.6. The van der Waals surface area contributed by atoms with E-state index in [0.29, 0.717) is 12.3 Å². The number of thioether (sulfide) groups is 1. The Morgan fingerprint density at radius 2 is 1.88 bits per heavy atom. The van der Waals surface area contributed by atoms with Gasteiger partial charge in [0.25, 0.3) is 0 Å². The lowest BCUT2D eigenvalue weighted by atomic mass is 10.2. The minimum absolute atomic E-state index is 0.0590. The van der Waals surface area contributed by atoms with Gasteiger partial charge in [-0.15, -0.1) is 11.8 Å². The van der Waals surface area contributed by atoms with Crippen LogP contribution in [0.1, 0.15) is 11.1 Å². The molecule has 0 aliphatic carbocycles. The highest BCUT2D eigenvalue weighted by Crippen LogP contribution is 2.21. The lowest BCUT2D eigenvalue weighted by molar-refractivity contribution is -0.118. The second-order valence-corrected chi connectivity index (χ2v) is 6.80. The standard InChI is InChI=1S/C20H21N3OS/c1-16-7-5-6-10-19(16)25-15-20(24)21-12-11-17-13-22-23(14-17)18-8-3-2-4-9-18/h2-10,13-14H,11-12,15H2,1H3,(H,21,24). The number of nitrogens with one attached hydrogen (secondary N) is 1. The molecule has 1 N–H and O–H groups in total. The molecule has 1 heterocycles. The van der Waals surface area contributed by atoms with Gasteiger partial charge in [0.15, 0.2) is 0 Å². The Balaban J connectivity index is 1.43. The highest BCUT2D eigenvalue weighted by Gasteiger charge is 2.05. The van der Waals surface area contributed by atoms with E-state index in [2.05, 4.69) is 23.4 Å². The van der Waals surface area contributed by atoms with Gasteiger partial charge in [-0.1, -0.05) is 36.4 Å². The molecule has 25 heavy (non-hydrogen) atoms. The highest BCUT2D eigenvalue weighted by molar-refractivity contribution is 8.00. The van der Waals surface area contributed by atoms with Crippen LogP contribution in [0.3, 0.4) is 0 Å². The van der Waals surface area contributed by atoms with Gasteiger partial charge in [0.05, 0.1) is 17.6 Å². The number of hydrogen-bond acceptors (Lipinski definition) is 3. The smallest absolute Gasteiger partial charge is 0.230 e. The monoisotopic (exact) mass is 351 g/mol. The molecule has 0 spiro atoms. The van der Waals surface area contributed by atoms with E-state index in [1.165, 1.54) is 5.56 Å². The minimum Gasteiger partial charge on any atom is -0.355 e. The number of para-hydroxylation sites is 1. The highest BCUT2D eigenvalue weighted by atomic mass is 32.2. The summed E-state index contributed by atoms with van der Waals surface area (Å²) in [6.45, 7) is 2.68. The fourth-order valence-corrected chi connectivity index (χ4v) is 3.33. The van der Waals surface area contributed by atoms with Crippen LogP contribution in [0.15, 0.2) is 71.9 Å². The van der Waals surface area contributed by atoms with Gasteiger partial charge in [-0.2, -0.15) is 5.10 Å². The molecular weight excluding hydrogens is 330 g/mol. The van der Waals surface area contributed by atoms with Gasteiger partial charge in [-0.25, -0.2) is 4.68 Å². The van der Waals surface area contributed by atoms with Gasteiger partial charge in [0.2, 0.25) is 5.91 Å². The first-order valence-electron chi connectivity index (χ1n) is 8.26. The van der Waals surface area contributed by atoms with Crippen LogP contribution in [0.2, 0.25) is 0 Å². The third-order valence-electron chi connectivity index (χ3n) is 3.85. The van der Waals surface area contributed by atoms with Crippen molar-refractivity contribution in [2.24, 2.45) is 0 Å². The Kier molecular flexibility index (Phi) is 5.90. The Labute approximate surface area is 152 Å². The van der Waals surface area contributed by atoms with Gasteiger partial charge in [0, 0.05) is 17.6 Å². The summed E-state index contributed by atoms with van der Waals surface area (Å²) in [5.74, 6) is 0.498. The number of rotatable bonds is 7. The van der Waals surface area contributed by atoms with Crippen molar-refractivity contribution in [2.75, 3.05) is 12.3 Å². The van der Waals surface area contributed by atoms with Crippen molar-refractivity contribution < 1.29 is 4.79 Å². The first kappa shape index (κ1) is 17.3. The first-order valence-corrected chi connectivity index (χ1v) is 9.25. The number of nitrogens with zero attached hydrogens (tertiary/aromatic N) is 2. The largest absolute Gasteiger partial charge is 0.355 e. The van der Waals surface area contributed by atoms with Crippen molar-refractivity contribution in [3.8, 4) is 5.69 Å². The van der Waals surface area contributed by atoms with E-state index in [-0.39, 0.29) is 5.91 Å². The molecule has 0 fully saturated rings. The summed E-state index contributed by atoms with van der Waals surface area (Å²) in [7, 11) is 0. The maximum atomic E-state index is 12.0. The molecule has 4 nitrogen and oxygen atoms in total. The fraction of sp³-hybridized carbons (Fsp3) is 0.200. The van der Waals surface area contributed by atoms with Crippen molar-refractivity contribution in [3.05, 3.63) is 78.1 Å². The van der Waals surface area contributed by atoms with Gasteiger partial charge >= 0.3 is 0 Å². The molecular formula is C20H21N3OS. The van der Waals surface area contributed by atoms with Crippen molar-refractivity contribution in [3.63, 3.8) is 0 Å². The third-order valence-corrected chi connectivity index (χ3v) is 5.02. The van der Waals surface area contributed by atoms with Crippen LogP contribution < -0.4 is 5.32 Å². The van der Waals surface area contributed by atoms with Crippen LogP contribution in [-0.2, 0) is 11.2 Å². The Bertz CT molecular complexity index is 830. The van der Waals surface area contributed by atoms with Crippen LogP contribution in [0, 0.1) is 6.92 Å². The lowest BCUT2D eigenvalue weighted by Gasteiger charge is -2.06. The average Bonchev–Trinajstić information content (AvgIpc) is 3.11. The quantitative estimate of drug-likeness (QED) is 0.661. The van der Waals surface area contributed by atoms with E-state index < -0.39 is 0 Å². The molecule has 3 aromatic rings. The predicted molar refractivity (Wildman–Crippen MR) is 102 cm³/mol. The van der Waals surface area contributed by atoms with Crippen molar-refractivity contribution in [1.82, 2.24) is 15.1 Å². The maximum absolute atomic E-state index is 12.0. The van der Waals surface area contributed by atoms with E-state index in [9.17, 15) is 4.79 Å². The number of benzene rings is 2. The van der Waals surface area contributed by atoms with E-state index in [4.69, 9.17) is 0 Å². The van der Waals surface area contributed by atoms with Gasteiger partial charge in [-0.05, 0) is 42.7 Å². The molecule has 1 aromatic heterocycles. The molecule has 0 unspecified atom stereocenters. The lowest BCUT2D eigenvalue weighted by Crippen LogP contribution is -2.27. The summed E-state index contributed by atoms with van der Waals surface area (Å²) >= 11 is 1.57. The topological polar surface area (TPSA) is 46.9 Å². The van der Waals surface area contributed by atoms with E-state index in [1.54, 1.807) is 11.8 Å². The SMILES string of the molecule is Cc1ccccc1SCC(=O)NCCc1cnn(-c2ccccc2)c1. The fourth-order valence-electron chi connectivity index (χ4n) is 2.47. The molecule has 0 saturated heterocycles. The summed E-state index contributed by atoms with van der Waals surface area (Å²) in [6.07, 6.45) is 4.62. The molecule has 0 bridgehead atoms. The van der Waals surface area contributed by atoms with Crippen LogP contribution in [-0.4, -0.2) is 28.0 Å². The number of hydrogen-bond donors (Lipinski definition) is 1. The molecule has 0 atom stereocenters. The third kappa shape index (κ3) is 4.97. The number of carbonyl (C=O) groups excluding carboxylic acids is 1. The number of aryl methyl sites for hydroxylation is 1. The molecule has 5 heteroatoms. The molecule has 0 radical (unpaired) electrons. The van der Waals surface area contributed by atoms with Crippen LogP contribution in [0.5, 0.6) is 0 Å². The first-order chi connectivity index (χ1) is 12.2. The van der Waals surface area contributed by atoms with E-state index in [1.807, 2.05) is 65.6 Å². The second kappa shape index (κ2) is 8.53. The average molecular weight is 351 g/mol. The minimum atomic E-state index is 0.0590. The van der Waals surface area contributed by atoms with Gasteiger partial charge in [-0.3, -0.25) is 4.79 Å². The van der Waals surface area contributed by atoms with Crippen molar-refractivity contribution in [1.29, 1.82) is 0 Å². The second-order valence-electron chi connectivity index (χ2n) is 5.78. The molecule has 128 valence electrons.